The van der Waals surface area contributed by atoms with Crippen molar-refractivity contribution in [2.45, 2.75) is 0 Å². The summed E-state index contributed by atoms with van der Waals surface area (Å²) in [5.41, 5.74) is 2.67. The molecule has 0 atom stereocenters. The molecule has 0 N–H and O–H groups in total. The predicted molar refractivity (Wildman–Crippen MR) is 86.5 cm³/mol. The molecule has 3 aromatic rings. The summed E-state index contributed by atoms with van der Waals surface area (Å²) >= 11 is 6.02. The number of ether oxygens (including phenoxy) is 1. The normalized spacial score (nSPS) is 11.1. The highest BCUT2D eigenvalue weighted by molar-refractivity contribution is 6.30. The van der Waals surface area contributed by atoms with Gasteiger partial charge in [0.1, 0.15) is 10.9 Å². The molecule has 0 spiro atoms. The third-order valence-corrected chi connectivity index (χ3v) is 3.46. The van der Waals surface area contributed by atoms with E-state index in [2.05, 4.69) is 9.97 Å². The van der Waals surface area contributed by atoms with Gasteiger partial charge in [-0.25, -0.2) is 9.97 Å². The number of halogens is 1. The van der Waals surface area contributed by atoms with Crippen LogP contribution in [0.3, 0.4) is 0 Å². The maximum Gasteiger partial charge on any atom is 0.136 e. The van der Waals surface area contributed by atoms with Crippen molar-refractivity contribution in [2.24, 2.45) is 0 Å². The molecule has 0 saturated carbocycles. The number of pyridine rings is 2. The predicted octanol–water partition coefficient (Wildman–Crippen LogP) is 4.46. The summed E-state index contributed by atoms with van der Waals surface area (Å²) in [5, 5.41) is 1.53. The summed E-state index contributed by atoms with van der Waals surface area (Å²) < 4.78 is 5.21. The average Bonchev–Trinajstić information content (AvgIpc) is 2.53. The Labute approximate surface area is 127 Å². The summed E-state index contributed by atoms with van der Waals surface area (Å²) in [6.45, 7) is 0. The van der Waals surface area contributed by atoms with E-state index < -0.39 is 0 Å². The molecule has 0 bridgehead atoms. The SMILES string of the molecule is COc1ccc2nc(/C=C/c3cccnc3Cl)ccc2c1. The summed E-state index contributed by atoms with van der Waals surface area (Å²) in [4.78, 5) is 8.63. The Kier molecular flexibility index (Phi) is 3.84. The monoisotopic (exact) mass is 296 g/mol. The highest BCUT2D eigenvalue weighted by Gasteiger charge is 1.99. The van der Waals surface area contributed by atoms with Gasteiger partial charge in [0.2, 0.25) is 0 Å². The lowest BCUT2D eigenvalue weighted by molar-refractivity contribution is 0.415. The van der Waals surface area contributed by atoms with Gasteiger partial charge >= 0.3 is 0 Å². The van der Waals surface area contributed by atoms with E-state index in [-0.39, 0.29) is 0 Å². The van der Waals surface area contributed by atoms with Crippen molar-refractivity contribution in [3.63, 3.8) is 0 Å². The van der Waals surface area contributed by atoms with Crippen LogP contribution in [0.5, 0.6) is 5.75 Å². The number of aromatic nitrogens is 2. The van der Waals surface area contributed by atoms with Crippen LogP contribution in [0, 0.1) is 0 Å². The van der Waals surface area contributed by atoms with Crippen LogP contribution in [-0.4, -0.2) is 17.1 Å². The molecule has 21 heavy (non-hydrogen) atoms. The van der Waals surface area contributed by atoms with Crippen LogP contribution in [-0.2, 0) is 0 Å². The Morgan fingerprint density at radius 1 is 1.10 bits per heavy atom. The van der Waals surface area contributed by atoms with Gasteiger partial charge in [0.05, 0.1) is 18.3 Å². The number of rotatable bonds is 3. The molecular weight excluding hydrogens is 284 g/mol. The Bertz CT molecular complexity index is 815. The largest absolute Gasteiger partial charge is 0.497 e. The zero-order chi connectivity index (χ0) is 14.7. The lowest BCUT2D eigenvalue weighted by Gasteiger charge is -2.03. The number of fused-ring (bicyclic) bond motifs is 1. The fourth-order valence-electron chi connectivity index (χ4n) is 2.04. The third kappa shape index (κ3) is 3.03. The van der Waals surface area contributed by atoms with Crippen LogP contribution in [0.2, 0.25) is 5.15 Å². The van der Waals surface area contributed by atoms with E-state index in [1.807, 2.05) is 54.6 Å². The first-order valence-corrected chi connectivity index (χ1v) is 6.87. The molecule has 0 aliphatic rings. The molecule has 0 unspecified atom stereocenters. The van der Waals surface area contributed by atoms with Gasteiger partial charge in [-0.2, -0.15) is 0 Å². The third-order valence-electron chi connectivity index (χ3n) is 3.14. The summed E-state index contributed by atoms with van der Waals surface area (Å²) in [5.74, 6) is 0.828. The first-order chi connectivity index (χ1) is 10.3. The second-order valence-electron chi connectivity index (χ2n) is 4.51. The highest BCUT2D eigenvalue weighted by atomic mass is 35.5. The number of hydrogen-bond acceptors (Lipinski definition) is 3. The number of hydrogen-bond donors (Lipinski definition) is 0. The average molecular weight is 297 g/mol. The van der Waals surface area contributed by atoms with Crippen LogP contribution in [0.1, 0.15) is 11.3 Å². The Morgan fingerprint density at radius 2 is 2.00 bits per heavy atom. The van der Waals surface area contributed by atoms with E-state index >= 15 is 0 Å². The molecule has 104 valence electrons. The lowest BCUT2D eigenvalue weighted by Crippen LogP contribution is -1.86. The van der Waals surface area contributed by atoms with Crippen molar-refractivity contribution >= 4 is 34.7 Å². The zero-order valence-electron chi connectivity index (χ0n) is 11.5. The van der Waals surface area contributed by atoms with Crippen LogP contribution < -0.4 is 4.74 Å². The number of methoxy groups -OCH3 is 1. The highest BCUT2D eigenvalue weighted by Crippen LogP contribution is 2.20. The Hall–Kier alpha value is -2.39. The van der Waals surface area contributed by atoms with Crippen LogP contribution in [0.15, 0.2) is 48.7 Å². The van der Waals surface area contributed by atoms with Crippen molar-refractivity contribution in [1.82, 2.24) is 9.97 Å². The molecule has 0 amide bonds. The number of benzene rings is 1. The van der Waals surface area contributed by atoms with Crippen molar-refractivity contribution in [3.8, 4) is 5.75 Å². The van der Waals surface area contributed by atoms with Gasteiger partial charge in [0, 0.05) is 17.1 Å². The minimum atomic E-state index is 0.485. The quantitative estimate of drug-likeness (QED) is 0.669. The maximum atomic E-state index is 6.02. The van der Waals surface area contributed by atoms with E-state index in [4.69, 9.17) is 16.3 Å². The molecule has 0 radical (unpaired) electrons. The Morgan fingerprint density at radius 3 is 2.81 bits per heavy atom. The van der Waals surface area contributed by atoms with Gasteiger partial charge in [-0.05, 0) is 42.5 Å². The first-order valence-electron chi connectivity index (χ1n) is 6.50. The molecule has 0 fully saturated rings. The van der Waals surface area contributed by atoms with Gasteiger partial charge in [0.15, 0.2) is 0 Å². The summed E-state index contributed by atoms with van der Waals surface area (Å²) in [6.07, 6.45) is 5.50. The van der Waals surface area contributed by atoms with Crippen LogP contribution in [0.4, 0.5) is 0 Å². The van der Waals surface area contributed by atoms with Gasteiger partial charge in [-0.1, -0.05) is 23.7 Å². The number of nitrogens with zero attached hydrogens (tertiary/aromatic N) is 2. The summed E-state index contributed by atoms with van der Waals surface area (Å²) in [7, 11) is 1.66. The first kappa shape index (κ1) is 13.6. The summed E-state index contributed by atoms with van der Waals surface area (Å²) in [6, 6.07) is 13.6. The van der Waals surface area contributed by atoms with Gasteiger partial charge < -0.3 is 4.74 Å². The lowest BCUT2D eigenvalue weighted by atomic mass is 10.1. The molecule has 0 aliphatic heterocycles. The van der Waals surface area contributed by atoms with Crippen molar-refractivity contribution in [1.29, 1.82) is 0 Å². The zero-order valence-corrected chi connectivity index (χ0v) is 12.2. The van der Waals surface area contributed by atoms with E-state index in [0.717, 1.165) is 27.9 Å². The van der Waals surface area contributed by atoms with Gasteiger partial charge in [-0.3, -0.25) is 0 Å². The second kappa shape index (κ2) is 5.94. The van der Waals surface area contributed by atoms with E-state index in [0.29, 0.717) is 5.15 Å². The van der Waals surface area contributed by atoms with E-state index in [9.17, 15) is 0 Å². The molecule has 1 aromatic carbocycles. The molecule has 3 nitrogen and oxygen atoms in total. The second-order valence-corrected chi connectivity index (χ2v) is 4.87. The molecule has 2 heterocycles. The van der Waals surface area contributed by atoms with E-state index in [1.165, 1.54) is 0 Å². The fraction of sp³-hybridized carbons (Fsp3) is 0.0588. The molecule has 0 saturated heterocycles. The van der Waals surface area contributed by atoms with Crippen molar-refractivity contribution in [3.05, 3.63) is 65.1 Å². The standard InChI is InChI=1S/C17H13ClN2O/c1-21-15-8-9-16-13(11-15)5-7-14(20-16)6-4-12-3-2-10-19-17(12)18/h2-11H,1H3/b6-4+. The fourth-order valence-corrected chi connectivity index (χ4v) is 2.22. The van der Waals surface area contributed by atoms with Crippen LogP contribution in [0.25, 0.3) is 23.1 Å². The van der Waals surface area contributed by atoms with Gasteiger partial charge in [0.25, 0.3) is 0 Å². The molecular formula is C17H13ClN2O. The molecule has 3 rings (SSSR count). The van der Waals surface area contributed by atoms with Gasteiger partial charge in [-0.15, -0.1) is 0 Å². The van der Waals surface area contributed by atoms with Crippen molar-refractivity contribution in [2.75, 3.05) is 7.11 Å². The van der Waals surface area contributed by atoms with E-state index in [1.54, 1.807) is 13.3 Å². The topological polar surface area (TPSA) is 35.0 Å². The molecule has 0 aliphatic carbocycles. The maximum absolute atomic E-state index is 6.02. The van der Waals surface area contributed by atoms with Crippen molar-refractivity contribution < 1.29 is 4.74 Å². The van der Waals surface area contributed by atoms with Crippen LogP contribution >= 0.6 is 11.6 Å². The minimum absolute atomic E-state index is 0.485. The minimum Gasteiger partial charge on any atom is -0.497 e. The molecule has 4 heteroatoms. The molecule has 2 aromatic heterocycles. The Balaban J connectivity index is 1.93. The smallest absolute Gasteiger partial charge is 0.136 e.